The number of aryl methyl sites for hydroxylation is 2. The lowest BCUT2D eigenvalue weighted by Gasteiger charge is -2.43. The highest BCUT2D eigenvalue weighted by atomic mass is 16.5. The van der Waals surface area contributed by atoms with Crippen LogP contribution in [0, 0.1) is 5.92 Å². The maximum atomic E-state index is 12.2. The summed E-state index contributed by atoms with van der Waals surface area (Å²) < 4.78 is 12.2. The second-order valence-corrected chi connectivity index (χ2v) is 8.14. The summed E-state index contributed by atoms with van der Waals surface area (Å²) in [5.74, 6) is 1.69. The van der Waals surface area contributed by atoms with Crippen molar-refractivity contribution in [2.24, 2.45) is 5.92 Å². The second kappa shape index (κ2) is 5.11. The molecule has 1 spiro atoms. The molecule has 3 nitrogen and oxygen atoms in total. The number of rotatable bonds is 0. The van der Waals surface area contributed by atoms with Crippen molar-refractivity contribution >= 4 is 11.0 Å². The zero-order valence-corrected chi connectivity index (χ0v) is 14.3. The molecule has 1 aliphatic heterocycles. The van der Waals surface area contributed by atoms with Crippen LogP contribution in [0.1, 0.15) is 62.1 Å². The Labute approximate surface area is 142 Å². The average molecular weight is 324 g/mol. The van der Waals surface area contributed by atoms with Crippen LogP contribution in [0.2, 0.25) is 0 Å². The third kappa shape index (κ3) is 2.13. The molecule has 1 saturated carbocycles. The fraction of sp³-hybridized carbons (Fsp3) is 0.571. The molecule has 1 fully saturated rings. The van der Waals surface area contributed by atoms with Crippen LogP contribution in [-0.4, -0.2) is 5.60 Å². The van der Waals surface area contributed by atoms with E-state index in [9.17, 15) is 4.79 Å². The maximum Gasteiger partial charge on any atom is 0.339 e. The Kier molecular flexibility index (Phi) is 3.10. The summed E-state index contributed by atoms with van der Waals surface area (Å²) in [5.41, 5.74) is 3.98. The Morgan fingerprint density at radius 3 is 2.83 bits per heavy atom. The Bertz CT molecular complexity index is 879. The number of hydrogen-bond acceptors (Lipinski definition) is 3. The van der Waals surface area contributed by atoms with Crippen molar-refractivity contribution in [3.8, 4) is 5.75 Å². The first-order valence-corrected chi connectivity index (χ1v) is 9.44. The first-order chi connectivity index (χ1) is 11.6. The molecule has 3 aliphatic rings. The highest BCUT2D eigenvalue weighted by Crippen LogP contribution is 2.45. The van der Waals surface area contributed by atoms with Gasteiger partial charge in [-0.3, -0.25) is 0 Å². The summed E-state index contributed by atoms with van der Waals surface area (Å²) in [7, 11) is 0. The van der Waals surface area contributed by atoms with E-state index in [4.69, 9.17) is 9.15 Å². The summed E-state index contributed by atoms with van der Waals surface area (Å²) in [4.78, 5) is 12.2. The minimum atomic E-state index is -0.147. The summed E-state index contributed by atoms with van der Waals surface area (Å²) in [6.45, 7) is 2.34. The summed E-state index contributed by atoms with van der Waals surface area (Å²) >= 11 is 0. The lowest BCUT2D eigenvalue weighted by molar-refractivity contribution is -0.00579. The largest absolute Gasteiger partial charge is 0.487 e. The minimum absolute atomic E-state index is 0.00929. The molecule has 0 N–H and O–H groups in total. The van der Waals surface area contributed by atoms with Gasteiger partial charge >= 0.3 is 5.63 Å². The number of ether oxygens (including phenoxy) is 1. The van der Waals surface area contributed by atoms with Gasteiger partial charge < -0.3 is 9.15 Å². The van der Waals surface area contributed by atoms with Crippen LogP contribution >= 0.6 is 0 Å². The van der Waals surface area contributed by atoms with Gasteiger partial charge in [0.15, 0.2) is 0 Å². The summed E-state index contributed by atoms with van der Waals surface area (Å²) in [6, 6.07) is 4.22. The van der Waals surface area contributed by atoms with E-state index >= 15 is 0 Å². The van der Waals surface area contributed by atoms with Gasteiger partial charge in [-0.2, -0.15) is 0 Å². The highest BCUT2D eigenvalue weighted by molar-refractivity contribution is 5.84. The standard InChI is InChI=1S/C21H24O3/c1-13-4-3-8-21(12-13)9-7-14-10-17-15-5-2-6-16(15)20(22)23-19(17)11-18(14)24-21/h10-11,13H,2-9,12H2,1H3/t13-,21+/m0/s1. The number of hydrogen-bond donors (Lipinski definition) is 0. The Morgan fingerprint density at radius 2 is 1.96 bits per heavy atom. The molecule has 2 aliphatic carbocycles. The van der Waals surface area contributed by atoms with Gasteiger partial charge in [0.2, 0.25) is 0 Å². The van der Waals surface area contributed by atoms with E-state index < -0.39 is 0 Å². The Hall–Kier alpha value is -1.77. The van der Waals surface area contributed by atoms with Crippen LogP contribution in [0.3, 0.4) is 0 Å². The molecule has 2 atom stereocenters. The van der Waals surface area contributed by atoms with Crippen molar-refractivity contribution in [1.29, 1.82) is 0 Å². The van der Waals surface area contributed by atoms with Crippen LogP contribution in [-0.2, 0) is 19.3 Å². The zero-order valence-electron chi connectivity index (χ0n) is 14.3. The van der Waals surface area contributed by atoms with Gasteiger partial charge in [-0.1, -0.05) is 13.3 Å². The molecule has 0 radical (unpaired) electrons. The molecular weight excluding hydrogens is 300 g/mol. The van der Waals surface area contributed by atoms with Gasteiger partial charge in [0, 0.05) is 17.0 Å². The fourth-order valence-electron chi connectivity index (χ4n) is 5.22. The van der Waals surface area contributed by atoms with E-state index in [0.29, 0.717) is 5.58 Å². The third-order valence-corrected chi connectivity index (χ3v) is 6.38. The Morgan fingerprint density at radius 1 is 1.08 bits per heavy atom. The molecule has 0 bridgehead atoms. The van der Waals surface area contributed by atoms with Crippen LogP contribution in [0.5, 0.6) is 5.75 Å². The quantitative estimate of drug-likeness (QED) is 0.667. The van der Waals surface area contributed by atoms with Crippen molar-refractivity contribution < 1.29 is 9.15 Å². The van der Waals surface area contributed by atoms with Gasteiger partial charge in [0.1, 0.15) is 16.9 Å². The van der Waals surface area contributed by atoms with Gasteiger partial charge in [0.25, 0.3) is 0 Å². The predicted molar refractivity (Wildman–Crippen MR) is 93.8 cm³/mol. The number of benzene rings is 1. The van der Waals surface area contributed by atoms with E-state index in [1.54, 1.807) is 0 Å². The molecule has 1 aromatic carbocycles. The normalized spacial score (nSPS) is 28.6. The molecular formula is C21H24O3. The maximum absolute atomic E-state index is 12.2. The molecule has 0 saturated heterocycles. The number of fused-ring (bicyclic) bond motifs is 4. The average Bonchev–Trinajstić information content (AvgIpc) is 3.04. The van der Waals surface area contributed by atoms with E-state index in [-0.39, 0.29) is 11.2 Å². The minimum Gasteiger partial charge on any atom is -0.487 e. The lowest BCUT2D eigenvalue weighted by Crippen LogP contribution is -2.43. The monoisotopic (exact) mass is 324 g/mol. The van der Waals surface area contributed by atoms with Crippen molar-refractivity contribution in [3.63, 3.8) is 0 Å². The van der Waals surface area contributed by atoms with Crippen molar-refractivity contribution in [2.45, 2.75) is 70.3 Å². The molecule has 24 heavy (non-hydrogen) atoms. The van der Waals surface area contributed by atoms with Crippen molar-refractivity contribution in [2.75, 3.05) is 0 Å². The molecule has 126 valence electrons. The predicted octanol–water partition coefficient (Wildman–Crippen LogP) is 4.56. The van der Waals surface area contributed by atoms with Crippen molar-refractivity contribution in [1.82, 2.24) is 0 Å². The van der Waals surface area contributed by atoms with Crippen LogP contribution in [0.15, 0.2) is 21.3 Å². The second-order valence-electron chi connectivity index (χ2n) is 8.14. The molecule has 5 rings (SSSR count). The van der Waals surface area contributed by atoms with Gasteiger partial charge in [-0.25, -0.2) is 4.79 Å². The molecule has 0 unspecified atom stereocenters. The van der Waals surface area contributed by atoms with Gasteiger partial charge in [-0.05, 0) is 74.5 Å². The van der Waals surface area contributed by atoms with Crippen LogP contribution in [0.25, 0.3) is 11.0 Å². The zero-order chi connectivity index (χ0) is 16.3. The lowest BCUT2D eigenvalue weighted by atomic mass is 9.74. The molecule has 2 heterocycles. The van der Waals surface area contributed by atoms with Crippen LogP contribution in [0.4, 0.5) is 0 Å². The Balaban J connectivity index is 1.61. The first kappa shape index (κ1) is 14.6. The summed E-state index contributed by atoms with van der Waals surface area (Å²) in [5, 5.41) is 1.14. The molecule has 0 amide bonds. The van der Waals surface area contributed by atoms with E-state index in [2.05, 4.69) is 13.0 Å². The first-order valence-electron chi connectivity index (χ1n) is 9.44. The summed E-state index contributed by atoms with van der Waals surface area (Å²) in [6.07, 6.45) is 10.0. The fourth-order valence-corrected chi connectivity index (χ4v) is 5.22. The third-order valence-electron chi connectivity index (χ3n) is 6.38. The topological polar surface area (TPSA) is 39.4 Å². The van der Waals surface area contributed by atoms with Gasteiger partial charge in [-0.15, -0.1) is 0 Å². The SMILES string of the molecule is C[C@H]1CCC[C@@]2(CCc3cc4c5c(c(=O)oc4cc3O2)CCC5)C1. The molecule has 3 heteroatoms. The van der Waals surface area contributed by atoms with E-state index in [0.717, 1.165) is 67.6 Å². The van der Waals surface area contributed by atoms with Crippen LogP contribution < -0.4 is 10.4 Å². The molecule has 2 aromatic rings. The molecule has 1 aromatic heterocycles. The smallest absolute Gasteiger partial charge is 0.339 e. The van der Waals surface area contributed by atoms with Gasteiger partial charge in [0.05, 0.1) is 0 Å². The highest BCUT2D eigenvalue weighted by Gasteiger charge is 2.40. The van der Waals surface area contributed by atoms with E-state index in [1.165, 1.54) is 24.0 Å². The van der Waals surface area contributed by atoms with E-state index in [1.807, 2.05) is 6.07 Å². The van der Waals surface area contributed by atoms with Crippen molar-refractivity contribution in [3.05, 3.63) is 39.2 Å².